The number of para-hydroxylation sites is 1. The topological polar surface area (TPSA) is 76.1 Å². The normalized spacial score (nSPS) is 21.5. The summed E-state index contributed by atoms with van der Waals surface area (Å²) in [5, 5.41) is 9.08. The van der Waals surface area contributed by atoms with Gasteiger partial charge in [-0.05, 0) is 36.8 Å². The maximum Gasteiger partial charge on any atom is 0.307 e. The van der Waals surface area contributed by atoms with E-state index in [2.05, 4.69) is 0 Å². The molecule has 24 heavy (non-hydrogen) atoms. The van der Waals surface area contributed by atoms with Crippen molar-refractivity contribution >= 4 is 11.9 Å². The molecule has 0 bridgehead atoms. The molecule has 6 heteroatoms. The van der Waals surface area contributed by atoms with Crippen molar-refractivity contribution in [2.45, 2.75) is 19.3 Å². The fourth-order valence-electron chi connectivity index (χ4n) is 3.44. The predicted octanol–water partition coefficient (Wildman–Crippen LogP) is 1.80. The molecule has 130 valence electrons. The second-order valence-corrected chi connectivity index (χ2v) is 6.55. The molecule has 3 rings (SSSR count). The molecule has 1 atom stereocenters. The first-order chi connectivity index (χ1) is 11.6. The maximum absolute atomic E-state index is 12.1. The van der Waals surface area contributed by atoms with Gasteiger partial charge >= 0.3 is 5.97 Å². The Bertz CT molecular complexity index is 580. The molecular weight excluding hydrogens is 310 g/mol. The molecule has 1 N–H and O–H groups in total. The maximum atomic E-state index is 12.1. The molecule has 1 aliphatic heterocycles. The quantitative estimate of drug-likeness (QED) is 0.770. The number of amides is 1. The van der Waals surface area contributed by atoms with Gasteiger partial charge in [-0.3, -0.25) is 9.59 Å². The van der Waals surface area contributed by atoms with Crippen LogP contribution in [0.5, 0.6) is 5.75 Å². The first-order valence-electron chi connectivity index (χ1n) is 8.37. The van der Waals surface area contributed by atoms with Crippen molar-refractivity contribution in [3.63, 3.8) is 0 Å². The van der Waals surface area contributed by atoms with Crippen molar-refractivity contribution in [2.24, 2.45) is 11.3 Å². The molecule has 2 aliphatic rings. The Hall–Kier alpha value is -2.08. The van der Waals surface area contributed by atoms with Gasteiger partial charge in [0.05, 0.1) is 12.5 Å². The summed E-state index contributed by atoms with van der Waals surface area (Å²) in [6, 6.07) is 9.47. The van der Waals surface area contributed by atoms with Crippen molar-refractivity contribution < 1.29 is 24.2 Å². The molecule has 1 aliphatic carbocycles. The van der Waals surface area contributed by atoms with Gasteiger partial charge in [-0.2, -0.15) is 0 Å². The molecule has 1 saturated carbocycles. The molecule has 0 aromatic heterocycles. The lowest BCUT2D eigenvalue weighted by Crippen LogP contribution is -2.41. The lowest BCUT2D eigenvalue weighted by Gasteiger charge is -2.32. The molecule has 1 unspecified atom stereocenters. The van der Waals surface area contributed by atoms with E-state index in [9.17, 15) is 9.59 Å². The number of carboxylic acid groups (broad SMARTS) is 1. The first kappa shape index (κ1) is 16.8. The van der Waals surface area contributed by atoms with Crippen molar-refractivity contribution in [1.82, 2.24) is 4.90 Å². The van der Waals surface area contributed by atoms with Gasteiger partial charge in [0, 0.05) is 13.1 Å². The number of carbonyl (C=O) groups is 2. The minimum Gasteiger partial charge on any atom is -0.491 e. The number of hydrogen-bond donors (Lipinski definition) is 1. The Labute approximate surface area is 141 Å². The van der Waals surface area contributed by atoms with Gasteiger partial charge in [-0.25, -0.2) is 0 Å². The number of likely N-dealkylation sites (tertiary alicyclic amines) is 1. The SMILES string of the molecule is O=C(O)C1CC12CCN(C(=O)COCCOc1ccccc1)CC2. The van der Waals surface area contributed by atoms with Gasteiger partial charge in [0.15, 0.2) is 0 Å². The van der Waals surface area contributed by atoms with Gasteiger partial charge in [-0.15, -0.1) is 0 Å². The lowest BCUT2D eigenvalue weighted by atomic mass is 9.91. The number of ether oxygens (including phenoxy) is 2. The number of benzene rings is 1. The summed E-state index contributed by atoms with van der Waals surface area (Å²) >= 11 is 0. The van der Waals surface area contributed by atoms with E-state index in [1.807, 2.05) is 30.3 Å². The molecule has 1 aromatic rings. The first-order valence-corrected chi connectivity index (χ1v) is 8.37. The van der Waals surface area contributed by atoms with Crippen LogP contribution >= 0.6 is 0 Å². The van der Waals surface area contributed by atoms with E-state index >= 15 is 0 Å². The van der Waals surface area contributed by atoms with E-state index in [4.69, 9.17) is 14.6 Å². The summed E-state index contributed by atoms with van der Waals surface area (Å²) in [6.45, 7) is 2.08. The summed E-state index contributed by atoms with van der Waals surface area (Å²) in [6.07, 6.45) is 2.33. The van der Waals surface area contributed by atoms with E-state index in [0.29, 0.717) is 26.3 Å². The Balaban J connectivity index is 1.30. The Morgan fingerprint density at radius 1 is 1.17 bits per heavy atom. The standard InChI is InChI=1S/C18H23NO5/c20-16(13-23-10-11-24-14-4-2-1-3-5-14)19-8-6-18(7-9-19)12-15(18)17(21)22/h1-5,15H,6-13H2,(H,21,22). The van der Waals surface area contributed by atoms with Crippen molar-refractivity contribution in [2.75, 3.05) is 32.9 Å². The van der Waals surface area contributed by atoms with Gasteiger partial charge in [0.25, 0.3) is 0 Å². The Kier molecular flexibility index (Phi) is 5.04. The lowest BCUT2D eigenvalue weighted by molar-refractivity contribution is -0.140. The summed E-state index contributed by atoms with van der Waals surface area (Å²) < 4.78 is 10.9. The molecule has 2 fully saturated rings. The number of hydrogen-bond acceptors (Lipinski definition) is 4. The smallest absolute Gasteiger partial charge is 0.307 e. The minimum absolute atomic E-state index is 0.0305. The third kappa shape index (κ3) is 3.87. The highest BCUT2D eigenvalue weighted by molar-refractivity contribution is 5.78. The zero-order chi connectivity index (χ0) is 17.0. The van der Waals surface area contributed by atoms with E-state index in [1.165, 1.54) is 0 Å². The minimum atomic E-state index is -0.698. The molecule has 0 radical (unpaired) electrons. The highest BCUT2D eigenvalue weighted by Gasteiger charge is 2.59. The average Bonchev–Trinajstić information content (AvgIpc) is 3.30. The van der Waals surface area contributed by atoms with E-state index in [1.54, 1.807) is 4.90 Å². The third-order valence-corrected chi connectivity index (χ3v) is 5.06. The summed E-state index contributed by atoms with van der Waals surface area (Å²) in [7, 11) is 0. The van der Waals surface area contributed by atoms with Crippen LogP contribution in [-0.2, 0) is 14.3 Å². The van der Waals surface area contributed by atoms with Crippen LogP contribution in [0.3, 0.4) is 0 Å². The second-order valence-electron chi connectivity index (χ2n) is 6.55. The zero-order valence-corrected chi connectivity index (χ0v) is 13.6. The van der Waals surface area contributed by atoms with E-state index in [0.717, 1.165) is 25.0 Å². The van der Waals surface area contributed by atoms with Crippen LogP contribution in [0.2, 0.25) is 0 Å². The molecular formula is C18H23NO5. The highest BCUT2D eigenvalue weighted by Crippen LogP contribution is 2.59. The van der Waals surface area contributed by atoms with Crippen LogP contribution in [0, 0.1) is 11.3 Å². The predicted molar refractivity (Wildman–Crippen MR) is 86.7 cm³/mol. The number of aliphatic carboxylic acids is 1. The molecule has 1 amide bonds. The monoisotopic (exact) mass is 333 g/mol. The van der Waals surface area contributed by atoms with Crippen molar-refractivity contribution in [1.29, 1.82) is 0 Å². The molecule has 1 spiro atoms. The van der Waals surface area contributed by atoms with Gasteiger partial charge in [0.1, 0.15) is 19.0 Å². The summed E-state index contributed by atoms with van der Waals surface area (Å²) in [5.41, 5.74) is -0.0486. The molecule has 6 nitrogen and oxygen atoms in total. The van der Waals surface area contributed by atoms with Crippen LogP contribution in [0.4, 0.5) is 0 Å². The largest absolute Gasteiger partial charge is 0.491 e. The van der Waals surface area contributed by atoms with Crippen LogP contribution in [0.1, 0.15) is 19.3 Å². The van der Waals surface area contributed by atoms with Crippen molar-refractivity contribution in [3.8, 4) is 5.75 Å². The fraction of sp³-hybridized carbons (Fsp3) is 0.556. The molecule has 1 saturated heterocycles. The number of piperidine rings is 1. The second kappa shape index (κ2) is 7.21. The summed E-state index contributed by atoms with van der Waals surface area (Å²) in [4.78, 5) is 24.9. The summed E-state index contributed by atoms with van der Waals surface area (Å²) in [5.74, 6) is -0.152. The van der Waals surface area contributed by atoms with Crippen LogP contribution in [0.15, 0.2) is 30.3 Å². The van der Waals surface area contributed by atoms with Crippen molar-refractivity contribution in [3.05, 3.63) is 30.3 Å². The van der Waals surface area contributed by atoms with Gasteiger partial charge in [0.2, 0.25) is 5.91 Å². The molecule has 1 heterocycles. The Morgan fingerprint density at radius 3 is 2.50 bits per heavy atom. The fourth-order valence-corrected chi connectivity index (χ4v) is 3.44. The van der Waals surface area contributed by atoms with Crippen LogP contribution in [-0.4, -0.2) is 54.8 Å². The Morgan fingerprint density at radius 2 is 1.88 bits per heavy atom. The third-order valence-electron chi connectivity index (χ3n) is 5.06. The highest BCUT2D eigenvalue weighted by atomic mass is 16.5. The number of carbonyl (C=O) groups excluding carboxylic acids is 1. The number of carboxylic acids is 1. The molecule has 1 aromatic carbocycles. The number of nitrogens with zero attached hydrogens (tertiary/aromatic N) is 1. The van der Waals surface area contributed by atoms with Gasteiger partial charge < -0.3 is 19.5 Å². The van der Waals surface area contributed by atoms with Crippen LogP contribution < -0.4 is 4.74 Å². The van der Waals surface area contributed by atoms with Crippen LogP contribution in [0.25, 0.3) is 0 Å². The van der Waals surface area contributed by atoms with E-state index < -0.39 is 5.97 Å². The van der Waals surface area contributed by atoms with E-state index in [-0.39, 0.29) is 23.8 Å². The van der Waals surface area contributed by atoms with Gasteiger partial charge in [-0.1, -0.05) is 18.2 Å². The number of rotatable bonds is 7. The average molecular weight is 333 g/mol. The zero-order valence-electron chi connectivity index (χ0n) is 13.6.